The van der Waals surface area contributed by atoms with Crippen LogP contribution in [0.3, 0.4) is 0 Å². The van der Waals surface area contributed by atoms with Gasteiger partial charge in [0, 0.05) is 36.2 Å². The van der Waals surface area contributed by atoms with Gasteiger partial charge in [-0.25, -0.2) is 4.79 Å². The van der Waals surface area contributed by atoms with Crippen molar-refractivity contribution in [3.8, 4) is 0 Å². The number of rotatable bonds is 3. The van der Waals surface area contributed by atoms with Gasteiger partial charge in [-0.2, -0.15) is 0 Å². The van der Waals surface area contributed by atoms with E-state index in [1.54, 1.807) is 30.4 Å². The second-order valence-electron chi connectivity index (χ2n) is 11.4. The Morgan fingerprint density at radius 3 is 2.26 bits per heavy atom. The minimum absolute atomic E-state index is 0.0366. The molecular weight excluding hydrogens is 480 g/mol. The monoisotopic (exact) mass is 532 g/mol. The molecule has 0 amide bonds. The van der Waals surface area contributed by atoms with Crippen molar-refractivity contribution in [2.45, 2.75) is 97.7 Å². The number of hydrogen-bond donors (Lipinski definition) is 4. The van der Waals surface area contributed by atoms with Gasteiger partial charge < -0.3 is 25.2 Å². The zero-order valence-electron chi connectivity index (χ0n) is 24.2. The van der Waals surface area contributed by atoms with Crippen LogP contribution in [-0.2, 0) is 9.53 Å². The van der Waals surface area contributed by atoms with Gasteiger partial charge in [0.15, 0.2) is 0 Å². The SMILES string of the molecule is C=C/C=C\[C@H](C)[C@@H]1OC(=O)/C=C\C=C\[C@H](C)[C@@H](O)C[C@H](O)/C=C\[C@H](C)[C@H](O)[C@H](C)C[C@@H](C)CC[C@H](O)[C@@H]1C. The molecule has 0 fully saturated rings. The van der Waals surface area contributed by atoms with E-state index in [2.05, 4.69) is 13.5 Å². The molecule has 0 bridgehead atoms. The molecule has 0 aliphatic carbocycles. The number of esters is 1. The standard InChI is InChI=1S/C32H52O6/c1-8-9-12-24(5)32-26(7)28(34)18-15-21(2)19-25(6)31(37)23(4)16-17-27(33)20-29(35)22(3)13-10-11-14-30(36)38-32/h8-14,16-17,21-29,31-35,37H,1,15,18-20H2,2-7H3/b12-9-,13-10+,14-11-,17-16-/t21-,22-,23-,24-,25+,26-,27+,28-,29-,31-,32-/m0/s1. The largest absolute Gasteiger partial charge is 0.458 e. The van der Waals surface area contributed by atoms with Gasteiger partial charge in [0.05, 0.1) is 24.4 Å². The number of aliphatic hydroxyl groups is 4. The van der Waals surface area contributed by atoms with Gasteiger partial charge >= 0.3 is 5.97 Å². The van der Waals surface area contributed by atoms with Crippen molar-refractivity contribution in [3.05, 3.63) is 61.3 Å². The lowest BCUT2D eigenvalue weighted by molar-refractivity contribution is -0.150. The van der Waals surface area contributed by atoms with Gasteiger partial charge in [-0.15, -0.1) is 0 Å². The van der Waals surface area contributed by atoms with Gasteiger partial charge in [-0.05, 0) is 31.1 Å². The van der Waals surface area contributed by atoms with E-state index in [0.29, 0.717) is 6.42 Å². The number of cyclic esters (lactones) is 1. The van der Waals surface area contributed by atoms with Crippen LogP contribution in [0.25, 0.3) is 0 Å². The summed E-state index contributed by atoms with van der Waals surface area (Å²) in [5.41, 5.74) is 0. The number of allylic oxidation sites excluding steroid dienone is 4. The van der Waals surface area contributed by atoms with E-state index in [0.717, 1.165) is 12.8 Å². The van der Waals surface area contributed by atoms with E-state index in [-0.39, 0.29) is 41.9 Å². The quantitative estimate of drug-likeness (QED) is 0.228. The van der Waals surface area contributed by atoms with Crippen molar-refractivity contribution in [1.82, 2.24) is 0 Å². The fourth-order valence-corrected chi connectivity index (χ4v) is 5.04. The lowest BCUT2D eigenvalue weighted by Crippen LogP contribution is -2.37. The Balaban J connectivity index is 3.17. The molecule has 0 aromatic carbocycles. The van der Waals surface area contributed by atoms with Crippen molar-refractivity contribution < 1.29 is 30.0 Å². The average Bonchev–Trinajstić information content (AvgIpc) is 2.88. The number of hydrogen-bond acceptors (Lipinski definition) is 6. The zero-order valence-corrected chi connectivity index (χ0v) is 24.2. The Morgan fingerprint density at radius 2 is 1.61 bits per heavy atom. The van der Waals surface area contributed by atoms with Crippen LogP contribution in [0, 0.1) is 35.5 Å². The van der Waals surface area contributed by atoms with Crippen LogP contribution in [0.5, 0.6) is 0 Å². The van der Waals surface area contributed by atoms with Crippen LogP contribution in [0.1, 0.15) is 67.2 Å². The molecule has 38 heavy (non-hydrogen) atoms. The molecule has 1 rings (SSSR count). The minimum Gasteiger partial charge on any atom is -0.458 e. The van der Waals surface area contributed by atoms with Gasteiger partial charge in [0.2, 0.25) is 0 Å². The Bertz CT molecular complexity index is 815. The molecule has 0 spiro atoms. The van der Waals surface area contributed by atoms with E-state index >= 15 is 0 Å². The summed E-state index contributed by atoms with van der Waals surface area (Å²) in [6, 6.07) is 0. The summed E-state index contributed by atoms with van der Waals surface area (Å²) in [6.45, 7) is 15.5. The molecule has 1 aliphatic heterocycles. The van der Waals surface area contributed by atoms with Gasteiger partial charge in [-0.1, -0.05) is 96.7 Å². The van der Waals surface area contributed by atoms with Crippen molar-refractivity contribution in [2.75, 3.05) is 0 Å². The molecule has 6 nitrogen and oxygen atoms in total. The normalized spacial score (nSPS) is 40.7. The molecule has 0 aromatic rings. The highest BCUT2D eigenvalue weighted by Gasteiger charge is 2.31. The number of ether oxygens (including phenoxy) is 1. The van der Waals surface area contributed by atoms with E-state index in [1.165, 1.54) is 6.08 Å². The molecule has 0 saturated heterocycles. The molecule has 6 heteroatoms. The van der Waals surface area contributed by atoms with Crippen molar-refractivity contribution in [1.29, 1.82) is 0 Å². The topological polar surface area (TPSA) is 107 Å². The zero-order chi connectivity index (χ0) is 28.8. The lowest BCUT2D eigenvalue weighted by Gasteiger charge is -2.31. The second-order valence-corrected chi connectivity index (χ2v) is 11.4. The first-order valence-corrected chi connectivity index (χ1v) is 14.1. The molecule has 0 unspecified atom stereocenters. The summed E-state index contributed by atoms with van der Waals surface area (Å²) in [5.74, 6) is -0.976. The highest BCUT2D eigenvalue weighted by atomic mass is 16.5. The van der Waals surface area contributed by atoms with E-state index in [4.69, 9.17) is 4.74 Å². The summed E-state index contributed by atoms with van der Waals surface area (Å²) in [6.07, 6.45) is 14.2. The third kappa shape index (κ3) is 12.2. The number of aliphatic hydroxyl groups excluding tert-OH is 4. The van der Waals surface area contributed by atoms with Gasteiger partial charge in [0.1, 0.15) is 6.10 Å². The molecule has 0 saturated carbocycles. The predicted molar refractivity (Wildman–Crippen MR) is 154 cm³/mol. The van der Waals surface area contributed by atoms with Gasteiger partial charge in [-0.3, -0.25) is 0 Å². The molecular formula is C32H52O6. The summed E-state index contributed by atoms with van der Waals surface area (Å²) in [5, 5.41) is 42.7. The molecule has 1 heterocycles. The van der Waals surface area contributed by atoms with E-state index in [1.807, 2.05) is 52.8 Å². The molecule has 0 aromatic heterocycles. The predicted octanol–water partition coefficient (Wildman–Crippen LogP) is 5.14. The maximum Gasteiger partial charge on any atom is 0.331 e. The Morgan fingerprint density at radius 1 is 0.921 bits per heavy atom. The van der Waals surface area contributed by atoms with E-state index < -0.39 is 36.5 Å². The summed E-state index contributed by atoms with van der Waals surface area (Å²) >= 11 is 0. The van der Waals surface area contributed by atoms with Crippen molar-refractivity contribution in [3.63, 3.8) is 0 Å². The number of carbonyl (C=O) groups excluding carboxylic acids is 1. The molecule has 11 atom stereocenters. The molecule has 0 radical (unpaired) electrons. The summed E-state index contributed by atoms with van der Waals surface area (Å²) < 4.78 is 5.81. The first-order valence-electron chi connectivity index (χ1n) is 14.1. The first-order chi connectivity index (χ1) is 17.9. The van der Waals surface area contributed by atoms with Crippen LogP contribution in [-0.4, -0.2) is 56.9 Å². The third-order valence-corrected chi connectivity index (χ3v) is 7.78. The third-order valence-electron chi connectivity index (χ3n) is 7.78. The second kappa shape index (κ2) is 17.6. The maximum absolute atomic E-state index is 12.6. The molecule has 4 N–H and O–H groups in total. The highest BCUT2D eigenvalue weighted by molar-refractivity contribution is 5.82. The minimum atomic E-state index is -0.828. The van der Waals surface area contributed by atoms with Crippen molar-refractivity contribution >= 4 is 5.97 Å². The highest BCUT2D eigenvalue weighted by Crippen LogP contribution is 2.28. The lowest BCUT2D eigenvalue weighted by atomic mass is 9.82. The van der Waals surface area contributed by atoms with Crippen LogP contribution in [0.15, 0.2) is 61.3 Å². The van der Waals surface area contributed by atoms with Crippen LogP contribution >= 0.6 is 0 Å². The van der Waals surface area contributed by atoms with E-state index in [9.17, 15) is 25.2 Å². The number of carbonyl (C=O) groups is 1. The van der Waals surface area contributed by atoms with Crippen LogP contribution in [0.2, 0.25) is 0 Å². The Labute approximate surface area is 230 Å². The Hall–Kier alpha value is -1.99. The smallest absolute Gasteiger partial charge is 0.331 e. The fraction of sp³-hybridized carbons (Fsp3) is 0.656. The molecule has 216 valence electrons. The average molecular weight is 533 g/mol. The fourth-order valence-electron chi connectivity index (χ4n) is 5.04. The van der Waals surface area contributed by atoms with Crippen molar-refractivity contribution in [2.24, 2.45) is 35.5 Å². The van der Waals surface area contributed by atoms with Crippen LogP contribution in [0.4, 0.5) is 0 Å². The molecule has 1 aliphatic rings. The Kier molecular flexibility index (Phi) is 15.7. The first kappa shape index (κ1) is 34.0. The maximum atomic E-state index is 12.6. The summed E-state index contributed by atoms with van der Waals surface area (Å²) in [4.78, 5) is 12.6. The van der Waals surface area contributed by atoms with Gasteiger partial charge in [0.25, 0.3) is 0 Å². The van der Waals surface area contributed by atoms with Crippen LogP contribution < -0.4 is 0 Å². The summed E-state index contributed by atoms with van der Waals surface area (Å²) in [7, 11) is 0.